The fraction of sp³-hybridized carbons (Fsp3) is 0.538. The molecule has 104 valence electrons. The number of carbonyl (C=O) groups excluding carboxylic acids is 2. The normalized spacial score (nSPS) is 19.2. The highest BCUT2D eigenvalue weighted by atomic mass is 32.1. The van der Waals surface area contributed by atoms with Crippen molar-refractivity contribution in [3.05, 3.63) is 22.4 Å². The van der Waals surface area contributed by atoms with Crippen LogP contribution in [0.4, 0.5) is 0 Å². The summed E-state index contributed by atoms with van der Waals surface area (Å²) in [5, 5.41) is 14.1. The number of carbonyl (C=O) groups is 2. The second-order valence-corrected chi connectivity index (χ2v) is 5.57. The number of β-amino-alcohol motifs (C(OH)–C–C–N with tert-alkyl or cyclic N) is 1. The van der Waals surface area contributed by atoms with E-state index in [1.165, 1.54) is 11.3 Å². The molecule has 0 aromatic carbocycles. The average molecular weight is 282 g/mol. The van der Waals surface area contributed by atoms with Gasteiger partial charge in [0, 0.05) is 26.1 Å². The molecule has 1 fully saturated rings. The summed E-state index contributed by atoms with van der Waals surface area (Å²) in [6.07, 6.45) is 1.48. The van der Waals surface area contributed by atoms with Gasteiger partial charge in [-0.2, -0.15) is 0 Å². The highest BCUT2D eigenvalue weighted by Gasteiger charge is 2.21. The van der Waals surface area contributed by atoms with Crippen LogP contribution < -0.4 is 5.32 Å². The standard InChI is InChI=1S/C13H18N2O3S/c16-10-3-1-7-15(9-10)12(17)5-6-14-13(18)11-4-2-8-19-11/h2,4,8,10,16H,1,3,5-7,9H2,(H,14,18)/t10-/m0/s1. The van der Waals surface area contributed by atoms with Crippen molar-refractivity contribution in [1.29, 1.82) is 0 Å². The number of aliphatic hydroxyl groups excluding tert-OH is 1. The SMILES string of the molecule is O=C(NCCC(=O)N1CCC[C@H](O)C1)c1cccs1. The van der Waals surface area contributed by atoms with Gasteiger partial charge in [0.05, 0.1) is 11.0 Å². The molecular weight excluding hydrogens is 264 g/mol. The van der Waals surface area contributed by atoms with Crippen molar-refractivity contribution in [2.24, 2.45) is 0 Å². The van der Waals surface area contributed by atoms with E-state index in [1.807, 2.05) is 11.4 Å². The molecule has 1 aliphatic heterocycles. The summed E-state index contributed by atoms with van der Waals surface area (Å²) < 4.78 is 0. The van der Waals surface area contributed by atoms with Gasteiger partial charge >= 0.3 is 0 Å². The van der Waals surface area contributed by atoms with E-state index in [1.54, 1.807) is 11.0 Å². The van der Waals surface area contributed by atoms with Crippen LogP contribution in [0.3, 0.4) is 0 Å². The molecule has 1 aromatic rings. The molecule has 0 bridgehead atoms. The minimum absolute atomic E-state index is 0.00905. The van der Waals surface area contributed by atoms with Gasteiger partial charge in [0.1, 0.15) is 0 Å². The predicted octanol–water partition coefficient (Wildman–Crippen LogP) is 0.851. The van der Waals surface area contributed by atoms with Gasteiger partial charge in [0.25, 0.3) is 5.91 Å². The lowest BCUT2D eigenvalue weighted by atomic mass is 10.1. The zero-order valence-corrected chi connectivity index (χ0v) is 11.5. The molecule has 0 saturated carbocycles. The number of aliphatic hydroxyl groups is 1. The Morgan fingerprint density at radius 1 is 1.53 bits per heavy atom. The molecule has 6 heteroatoms. The molecule has 0 unspecified atom stereocenters. The quantitative estimate of drug-likeness (QED) is 0.860. The van der Waals surface area contributed by atoms with Crippen molar-refractivity contribution >= 4 is 23.2 Å². The van der Waals surface area contributed by atoms with Crippen LogP contribution in [0.2, 0.25) is 0 Å². The van der Waals surface area contributed by atoms with Gasteiger partial charge in [0.15, 0.2) is 0 Å². The fourth-order valence-corrected chi connectivity index (χ4v) is 2.76. The number of amides is 2. The average Bonchev–Trinajstić information content (AvgIpc) is 2.92. The highest BCUT2D eigenvalue weighted by Crippen LogP contribution is 2.11. The first-order valence-corrected chi connectivity index (χ1v) is 7.32. The second-order valence-electron chi connectivity index (χ2n) is 4.62. The monoisotopic (exact) mass is 282 g/mol. The Balaban J connectivity index is 1.70. The summed E-state index contributed by atoms with van der Waals surface area (Å²) in [7, 11) is 0. The molecule has 0 radical (unpaired) electrons. The second kappa shape index (κ2) is 6.68. The summed E-state index contributed by atoms with van der Waals surface area (Å²) >= 11 is 1.38. The molecule has 2 rings (SSSR count). The zero-order chi connectivity index (χ0) is 13.7. The smallest absolute Gasteiger partial charge is 0.261 e. The Labute approximate surface area is 116 Å². The summed E-state index contributed by atoms with van der Waals surface area (Å²) in [6, 6.07) is 3.57. The molecule has 2 heterocycles. The van der Waals surface area contributed by atoms with Gasteiger partial charge in [-0.05, 0) is 24.3 Å². The third kappa shape index (κ3) is 4.04. The van der Waals surface area contributed by atoms with E-state index in [0.717, 1.165) is 12.8 Å². The Kier molecular flexibility index (Phi) is 4.93. The van der Waals surface area contributed by atoms with Gasteiger partial charge in [-0.3, -0.25) is 9.59 Å². The number of rotatable bonds is 4. The summed E-state index contributed by atoms with van der Waals surface area (Å²) in [6.45, 7) is 1.45. The van der Waals surface area contributed by atoms with Crippen molar-refractivity contribution < 1.29 is 14.7 Å². The van der Waals surface area contributed by atoms with Gasteiger partial charge in [-0.25, -0.2) is 0 Å². The minimum atomic E-state index is -0.404. The van der Waals surface area contributed by atoms with Crippen molar-refractivity contribution in [2.75, 3.05) is 19.6 Å². The maximum Gasteiger partial charge on any atom is 0.261 e. The molecule has 5 nitrogen and oxygen atoms in total. The molecule has 0 spiro atoms. The van der Waals surface area contributed by atoms with Gasteiger partial charge in [0.2, 0.25) is 5.91 Å². The number of hydrogen-bond donors (Lipinski definition) is 2. The molecule has 1 saturated heterocycles. The third-order valence-corrected chi connectivity index (χ3v) is 3.99. The predicted molar refractivity (Wildman–Crippen MR) is 73.1 cm³/mol. The molecule has 1 atom stereocenters. The molecule has 1 aliphatic rings. The largest absolute Gasteiger partial charge is 0.391 e. The number of thiophene rings is 1. The maximum absolute atomic E-state index is 11.9. The van der Waals surface area contributed by atoms with Gasteiger partial charge in [-0.15, -0.1) is 11.3 Å². The summed E-state index contributed by atoms with van der Waals surface area (Å²) in [4.78, 5) is 25.9. The van der Waals surface area contributed by atoms with Crippen LogP contribution in [0.5, 0.6) is 0 Å². The number of likely N-dealkylation sites (tertiary alicyclic amines) is 1. The lowest BCUT2D eigenvalue weighted by Gasteiger charge is -2.30. The molecule has 2 amide bonds. The fourth-order valence-electron chi connectivity index (χ4n) is 2.12. The van der Waals surface area contributed by atoms with E-state index in [4.69, 9.17) is 0 Å². The van der Waals surface area contributed by atoms with Gasteiger partial charge in [-0.1, -0.05) is 6.07 Å². The number of piperidine rings is 1. The maximum atomic E-state index is 11.9. The molecule has 19 heavy (non-hydrogen) atoms. The van der Waals surface area contributed by atoms with Crippen LogP contribution in [0.15, 0.2) is 17.5 Å². The van der Waals surface area contributed by atoms with Crippen molar-refractivity contribution in [1.82, 2.24) is 10.2 Å². The third-order valence-electron chi connectivity index (χ3n) is 3.12. The van der Waals surface area contributed by atoms with Gasteiger partial charge < -0.3 is 15.3 Å². The van der Waals surface area contributed by atoms with Crippen LogP contribution in [0.1, 0.15) is 28.9 Å². The molecule has 2 N–H and O–H groups in total. The van der Waals surface area contributed by atoms with E-state index in [0.29, 0.717) is 24.5 Å². The van der Waals surface area contributed by atoms with Crippen molar-refractivity contribution in [2.45, 2.75) is 25.4 Å². The Morgan fingerprint density at radius 3 is 3.05 bits per heavy atom. The minimum Gasteiger partial charge on any atom is -0.391 e. The van der Waals surface area contributed by atoms with E-state index < -0.39 is 6.10 Å². The van der Waals surface area contributed by atoms with E-state index >= 15 is 0 Å². The number of nitrogens with one attached hydrogen (secondary N) is 1. The van der Waals surface area contributed by atoms with Crippen LogP contribution >= 0.6 is 11.3 Å². The van der Waals surface area contributed by atoms with E-state index in [9.17, 15) is 14.7 Å². The number of nitrogens with zero attached hydrogens (tertiary/aromatic N) is 1. The Hall–Kier alpha value is -1.40. The molecule has 1 aromatic heterocycles. The summed E-state index contributed by atoms with van der Waals surface area (Å²) in [5.41, 5.74) is 0. The van der Waals surface area contributed by atoms with Crippen molar-refractivity contribution in [3.8, 4) is 0 Å². The van der Waals surface area contributed by atoms with E-state index in [2.05, 4.69) is 5.32 Å². The zero-order valence-electron chi connectivity index (χ0n) is 10.7. The Bertz CT molecular complexity index is 433. The lowest BCUT2D eigenvalue weighted by molar-refractivity contribution is -0.134. The van der Waals surface area contributed by atoms with Crippen LogP contribution in [0, 0.1) is 0 Å². The first-order chi connectivity index (χ1) is 9.16. The topological polar surface area (TPSA) is 69.6 Å². The molecule has 0 aliphatic carbocycles. The first-order valence-electron chi connectivity index (χ1n) is 6.44. The van der Waals surface area contributed by atoms with Crippen LogP contribution in [-0.4, -0.2) is 47.6 Å². The lowest BCUT2D eigenvalue weighted by Crippen LogP contribution is -2.43. The first kappa shape index (κ1) is 14.0. The highest BCUT2D eigenvalue weighted by molar-refractivity contribution is 7.12. The molecular formula is C13H18N2O3S. The van der Waals surface area contributed by atoms with E-state index in [-0.39, 0.29) is 18.2 Å². The summed E-state index contributed by atoms with van der Waals surface area (Å²) in [5.74, 6) is -0.147. The van der Waals surface area contributed by atoms with Crippen molar-refractivity contribution in [3.63, 3.8) is 0 Å². The number of hydrogen-bond acceptors (Lipinski definition) is 4. The van der Waals surface area contributed by atoms with Crippen LogP contribution in [-0.2, 0) is 4.79 Å². The Morgan fingerprint density at radius 2 is 2.37 bits per heavy atom. The van der Waals surface area contributed by atoms with Crippen LogP contribution in [0.25, 0.3) is 0 Å².